The van der Waals surface area contributed by atoms with Crippen molar-refractivity contribution in [3.63, 3.8) is 0 Å². The van der Waals surface area contributed by atoms with Crippen LogP contribution in [0.5, 0.6) is 0 Å². The average Bonchev–Trinajstić information content (AvgIpc) is 2.58. The average molecular weight is 294 g/mol. The van der Waals surface area contributed by atoms with Crippen molar-refractivity contribution >= 4 is 33.5 Å². The smallest absolute Gasteiger partial charge is 0.249 e. The first-order chi connectivity index (χ1) is 8.08. The fourth-order valence-corrected chi connectivity index (χ4v) is 2.59. The number of aliphatic imine (C=N–C) groups is 1. The molecule has 4 nitrogen and oxygen atoms in total. The first-order valence-corrected chi connectivity index (χ1v) is 6.31. The summed E-state index contributed by atoms with van der Waals surface area (Å²) in [6, 6.07) is 3.83. The van der Waals surface area contributed by atoms with E-state index in [0.29, 0.717) is 5.96 Å². The van der Waals surface area contributed by atoms with Crippen molar-refractivity contribution < 1.29 is 4.79 Å². The number of fused-ring (bicyclic) bond motifs is 2. The van der Waals surface area contributed by atoms with E-state index < -0.39 is 0 Å². The number of hydrogen-bond donors (Lipinski definition) is 1. The van der Waals surface area contributed by atoms with Gasteiger partial charge < -0.3 is 4.90 Å². The second-order valence-electron chi connectivity index (χ2n) is 4.40. The van der Waals surface area contributed by atoms with Crippen LogP contribution >= 0.6 is 15.9 Å². The molecule has 1 saturated heterocycles. The van der Waals surface area contributed by atoms with E-state index in [1.54, 1.807) is 0 Å². The minimum absolute atomic E-state index is 0.0216. The molecule has 1 fully saturated rings. The van der Waals surface area contributed by atoms with Crippen LogP contribution < -0.4 is 5.32 Å². The molecule has 1 aromatic rings. The van der Waals surface area contributed by atoms with Gasteiger partial charge in [0.25, 0.3) is 0 Å². The van der Waals surface area contributed by atoms with Crippen LogP contribution in [0.3, 0.4) is 0 Å². The van der Waals surface area contributed by atoms with Crippen LogP contribution in [-0.2, 0) is 11.3 Å². The summed E-state index contributed by atoms with van der Waals surface area (Å²) in [5.41, 5.74) is 3.33. The lowest BCUT2D eigenvalue weighted by molar-refractivity contribution is -0.121. The standard InChI is InChI=1S/C12H12BrN3O/c1-6-8-5-16-7(2)11(17)15-12(16)14-10(8)4-3-9(6)13/h3-4,7H,5H2,1-2H3,(H,14,15,17)/t7-/m1/s1. The van der Waals surface area contributed by atoms with Crippen LogP contribution in [-0.4, -0.2) is 22.8 Å². The number of amides is 1. The molecule has 0 bridgehead atoms. The molecular formula is C12H12BrN3O. The first-order valence-electron chi connectivity index (χ1n) is 5.52. The third kappa shape index (κ3) is 1.49. The summed E-state index contributed by atoms with van der Waals surface area (Å²) in [6.45, 7) is 4.70. The van der Waals surface area contributed by atoms with Gasteiger partial charge in [0.2, 0.25) is 11.9 Å². The number of guanidine groups is 1. The van der Waals surface area contributed by atoms with Gasteiger partial charge >= 0.3 is 0 Å². The Labute approximate surface area is 108 Å². The minimum Gasteiger partial charge on any atom is -0.326 e. The molecule has 17 heavy (non-hydrogen) atoms. The van der Waals surface area contributed by atoms with Gasteiger partial charge in [0.15, 0.2) is 0 Å². The van der Waals surface area contributed by atoms with Gasteiger partial charge in [-0.3, -0.25) is 10.1 Å². The highest BCUT2D eigenvalue weighted by Gasteiger charge is 2.36. The summed E-state index contributed by atoms with van der Waals surface area (Å²) in [5, 5.41) is 2.81. The number of carbonyl (C=O) groups is 1. The van der Waals surface area contributed by atoms with E-state index in [2.05, 4.69) is 33.2 Å². The highest BCUT2D eigenvalue weighted by molar-refractivity contribution is 9.10. The molecule has 2 aliphatic heterocycles. The molecule has 0 aliphatic carbocycles. The molecule has 0 aromatic heterocycles. The highest BCUT2D eigenvalue weighted by Crippen LogP contribution is 2.34. The topological polar surface area (TPSA) is 44.7 Å². The third-order valence-electron chi connectivity index (χ3n) is 3.42. The normalized spacial score (nSPS) is 21.8. The van der Waals surface area contributed by atoms with Crippen LogP contribution in [0.1, 0.15) is 18.1 Å². The number of nitrogens with one attached hydrogen (secondary N) is 1. The molecule has 1 amide bonds. The molecule has 1 aromatic carbocycles. The molecular weight excluding hydrogens is 282 g/mol. The van der Waals surface area contributed by atoms with Gasteiger partial charge in [0, 0.05) is 16.6 Å². The van der Waals surface area contributed by atoms with Crippen LogP contribution in [0.4, 0.5) is 5.69 Å². The van der Waals surface area contributed by atoms with Crippen molar-refractivity contribution in [2.75, 3.05) is 0 Å². The molecule has 0 saturated carbocycles. The quantitative estimate of drug-likeness (QED) is 0.796. The van der Waals surface area contributed by atoms with Crippen molar-refractivity contribution in [2.45, 2.75) is 26.4 Å². The fourth-order valence-electron chi connectivity index (χ4n) is 2.22. The molecule has 5 heteroatoms. The predicted octanol–water partition coefficient (Wildman–Crippen LogP) is 2.08. The maximum absolute atomic E-state index is 11.6. The Morgan fingerprint density at radius 3 is 3.06 bits per heavy atom. The number of carbonyl (C=O) groups excluding carboxylic acids is 1. The van der Waals surface area contributed by atoms with Gasteiger partial charge in [-0.1, -0.05) is 15.9 Å². The lowest BCUT2D eigenvalue weighted by atomic mass is 10.0. The Balaban J connectivity index is 2.12. The molecule has 3 rings (SSSR count). The number of hydrogen-bond acceptors (Lipinski definition) is 3. The maximum atomic E-state index is 11.6. The molecule has 2 heterocycles. The van der Waals surface area contributed by atoms with Crippen molar-refractivity contribution in [3.05, 3.63) is 27.7 Å². The van der Waals surface area contributed by atoms with Crippen molar-refractivity contribution in [1.82, 2.24) is 10.2 Å². The number of nitrogens with zero attached hydrogens (tertiary/aromatic N) is 2. The Morgan fingerprint density at radius 2 is 2.29 bits per heavy atom. The van der Waals surface area contributed by atoms with Gasteiger partial charge in [-0.25, -0.2) is 4.99 Å². The lowest BCUT2D eigenvalue weighted by Crippen LogP contribution is -2.35. The van der Waals surface area contributed by atoms with Crippen LogP contribution in [0.25, 0.3) is 0 Å². The second kappa shape index (κ2) is 3.57. The second-order valence-corrected chi connectivity index (χ2v) is 5.25. The largest absolute Gasteiger partial charge is 0.326 e. The van der Waals surface area contributed by atoms with Gasteiger partial charge in [0.1, 0.15) is 6.04 Å². The molecule has 2 aliphatic rings. The van der Waals surface area contributed by atoms with Crippen molar-refractivity contribution in [1.29, 1.82) is 0 Å². The summed E-state index contributed by atoms with van der Waals surface area (Å²) in [6.07, 6.45) is 0. The Bertz CT molecular complexity index is 553. The Hall–Kier alpha value is -1.36. The lowest BCUT2D eigenvalue weighted by Gasteiger charge is -2.27. The number of rotatable bonds is 0. The third-order valence-corrected chi connectivity index (χ3v) is 4.28. The van der Waals surface area contributed by atoms with E-state index in [0.717, 1.165) is 16.7 Å². The fraction of sp³-hybridized carbons (Fsp3) is 0.333. The summed E-state index contributed by atoms with van der Waals surface area (Å²) >= 11 is 3.52. The van der Waals surface area contributed by atoms with E-state index >= 15 is 0 Å². The highest BCUT2D eigenvalue weighted by atomic mass is 79.9. The van der Waals surface area contributed by atoms with Crippen molar-refractivity contribution in [3.8, 4) is 0 Å². The van der Waals surface area contributed by atoms with Gasteiger partial charge in [-0.15, -0.1) is 0 Å². The van der Waals surface area contributed by atoms with Gasteiger partial charge in [0.05, 0.1) is 5.69 Å². The zero-order valence-corrected chi connectivity index (χ0v) is 11.2. The zero-order chi connectivity index (χ0) is 12.2. The summed E-state index contributed by atoms with van der Waals surface area (Å²) < 4.78 is 1.08. The van der Waals surface area contributed by atoms with E-state index in [1.807, 2.05) is 24.0 Å². The van der Waals surface area contributed by atoms with E-state index in [1.165, 1.54) is 11.1 Å². The minimum atomic E-state index is -0.139. The van der Waals surface area contributed by atoms with E-state index in [-0.39, 0.29) is 11.9 Å². The molecule has 1 atom stereocenters. The molecule has 1 N–H and O–H groups in total. The SMILES string of the molecule is Cc1c(Br)ccc2c1CN1C(=N2)NC(=O)[C@H]1C. The summed E-state index contributed by atoms with van der Waals surface area (Å²) in [5.74, 6) is 0.699. The summed E-state index contributed by atoms with van der Waals surface area (Å²) in [4.78, 5) is 18.1. The van der Waals surface area contributed by atoms with Gasteiger partial charge in [-0.05, 0) is 31.5 Å². The van der Waals surface area contributed by atoms with Crippen LogP contribution in [0.15, 0.2) is 21.6 Å². The van der Waals surface area contributed by atoms with E-state index in [4.69, 9.17) is 0 Å². The monoisotopic (exact) mass is 293 g/mol. The first kappa shape index (κ1) is 10.8. The summed E-state index contributed by atoms with van der Waals surface area (Å²) in [7, 11) is 0. The predicted molar refractivity (Wildman–Crippen MR) is 69.1 cm³/mol. The van der Waals surface area contributed by atoms with Crippen LogP contribution in [0, 0.1) is 6.92 Å². The molecule has 0 radical (unpaired) electrons. The Morgan fingerprint density at radius 1 is 1.53 bits per heavy atom. The maximum Gasteiger partial charge on any atom is 0.249 e. The molecule has 0 unspecified atom stereocenters. The molecule has 0 spiro atoms. The Kier molecular flexibility index (Phi) is 2.26. The van der Waals surface area contributed by atoms with Gasteiger partial charge in [-0.2, -0.15) is 0 Å². The van der Waals surface area contributed by atoms with Crippen molar-refractivity contribution in [2.24, 2.45) is 4.99 Å². The van der Waals surface area contributed by atoms with E-state index in [9.17, 15) is 4.79 Å². The van der Waals surface area contributed by atoms with Crippen LogP contribution in [0.2, 0.25) is 0 Å². The molecule has 88 valence electrons. The number of halogens is 1. The number of benzene rings is 1. The zero-order valence-electron chi connectivity index (χ0n) is 9.62.